The Labute approximate surface area is 251 Å². The van der Waals surface area contributed by atoms with Crippen LogP contribution >= 0.6 is 0 Å². The molecule has 0 heterocycles. The van der Waals surface area contributed by atoms with Gasteiger partial charge in [-0.1, -0.05) is 77.6 Å². The molecule has 0 aromatic heterocycles. The number of aliphatic hydroxyl groups excluding tert-OH is 4. The molecule has 3 aromatic rings. The van der Waals surface area contributed by atoms with Crippen LogP contribution in [0.4, 0.5) is 0 Å². The smallest absolute Gasteiger partial charge is 0.116 e. The van der Waals surface area contributed by atoms with Crippen LogP contribution in [0.1, 0.15) is 124 Å². The van der Waals surface area contributed by atoms with Gasteiger partial charge in [0.05, 0.1) is 26.4 Å². The molecule has 42 heavy (non-hydrogen) atoms. The summed E-state index contributed by atoms with van der Waals surface area (Å²) in [6.07, 6.45) is 6.63. The maximum Gasteiger partial charge on any atom is 0.116 e. The van der Waals surface area contributed by atoms with Crippen LogP contribution in [-0.4, -0.2) is 30.6 Å². The number of aliphatic hydroxyl groups is 4. The molecule has 0 aliphatic heterocycles. The van der Waals surface area contributed by atoms with Gasteiger partial charge in [0.2, 0.25) is 0 Å². The van der Waals surface area contributed by atoms with Crippen LogP contribution in [0.3, 0.4) is 0 Å². The van der Waals surface area contributed by atoms with Crippen LogP contribution in [0.15, 0.2) is 48.5 Å². The lowest BCUT2D eigenvalue weighted by molar-refractivity contribution is 0.263. The number of hydrogen-bond donors (Lipinski definition) is 6. The number of phenolic OH excluding ortho intramolecular Hbond substituents is 2. The van der Waals surface area contributed by atoms with Gasteiger partial charge in [-0.05, 0) is 94.5 Å². The van der Waals surface area contributed by atoms with Crippen LogP contribution in [0.25, 0.3) is 0 Å². The molecule has 0 aliphatic carbocycles. The molecule has 0 radical (unpaired) electrons. The lowest BCUT2D eigenvalue weighted by Gasteiger charge is -2.41. The molecular weight excluding hydrogens is 528 g/mol. The lowest BCUT2D eigenvalue weighted by atomic mass is 9.62. The van der Waals surface area contributed by atoms with Gasteiger partial charge in [-0.2, -0.15) is 0 Å². The van der Waals surface area contributed by atoms with E-state index >= 15 is 0 Å². The van der Waals surface area contributed by atoms with Crippen molar-refractivity contribution in [2.24, 2.45) is 0 Å². The molecule has 0 amide bonds. The topological polar surface area (TPSA) is 121 Å². The van der Waals surface area contributed by atoms with E-state index in [1.165, 1.54) is 0 Å². The highest BCUT2D eigenvalue weighted by molar-refractivity contribution is 5.55. The van der Waals surface area contributed by atoms with Gasteiger partial charge in [0.1, 0.15) is 11.5 Å². The fourth-order valence-electron chi connectivity index (χ4n) is 7.66. The third-order valence-corrected chi connectivity index (χ3v) is 8.89. The molecule has 0 saturated heterocycles. The van der Waals surface area contributed by atoms with E-state index in [9.17, 15) is 30.6 Å². The summed E-state index contributed by atoms with van der Waals surface area (Å²) in [6.45, 7) is 7.54. The van der Waals surface area contributed by atoms with E-state index < -0.39 is 10.8 Å². The van der Waals surface area contributed by atoms with Crippen LogP contribution in [0.2, 0.25) is 0 Å². The lowest BCUT2D eigenvalue weighted by Crippen LogP contribution is -2.34. The van der Waals surface area contributed by atoms with Crippen molar-refractivity contribution in [1.29, 1.82) is 0 Å². The van der Waals surface area contributed by atoms with E-state index in [0.29, 0.717) is 22.3 Å². The van der Waals surface area contributed by atoms with Gasteiger partial charge in [-0.15, -0.1) is 0 Å². The van der Waals surface area contributed by atoms with E-state index in [1.807, 2.05) is 0 Å². The van der Waals surface area contributed by atoms with Crippen LogP contribution < -0.4 is 0 Å². The second kappa shape index (κ2) is 15.0. The molecule has 0 saturated carbocycles. The predicted molar refractivity (Wildman–Crippen MR) is 168 cm³/mol. The largest absolute Gasteiger partial charge is 0.508 e. The zero-order valence-electron chi connectivity index (χ0n) is 25.8. The first-order valence-corrected chi connectivity index (χ1v) is 15.5. The summed E-state index contributed by atoms with van der Waals surface area (Å²) in [7, 11) is 0. The van der Waals surface area contributed by atoms with Gasteiger partial charge >= 0.3 is 0 Å². The summed E-state index contributed by atoms with van der Waals surface area (Å²) >= 11 is 0. The second-order valence-electron chi connectivity index (χ2n) is 11.7. The average molecular weight is 579 g/mol. The minimum absolute atomic E-state index is 0.0211. The molecule has 0 fully saturated rings. The molecule has 230 valence electrons. The van der Waals surface area contributed by atoms with Crippen molar-refractivity contribution in [3.05, 3.63) is 93.0 Å². The van der Waals surface area contributed by atoms with Crippen molar-refractivity contribution in [2.45, 2.75) is 116 Å². The van der Waals surface area contributed by atoms with Crippen molar-refractivity contribution in [3.63, 3.8) is 0 Å². The summed E-state index contributed by atoms with van der Waals surface area (Å²) in [4.78, 5) is 0. The molecule has 0 bridgehead atoms. The second-order valence-corrected chi connectivity index (χ2v) is 11.7. The van der Waals surface area contributed by atoms with E-state index in [2.05, 4.69) is 52.0 Å². The zero-order valence-corrected chi connectivity index (χ0v) is 25.8. The van der Waals surface area contributed by atoms with Gasteiger partial charge < -0.3 is 30.6 Å². The maximum absolute atomic E-state index is 10.5. The Morgan fingerprint density at radius 1 is 0.476 bits per heavy atom. The van der Waals surface area contributed by atoms with Crippen molar-refractivity contribution in [1.82, 2.24) is 0 Å². The Bertz CT molecular complexity index is 1160. The molecule has 0 aliphatic rings. The standard InChI is InChI=1S/C36H50O6/c1-5-12-35(13-6-2,33-25(21-37)16-31(41)17-26(33)22-38)29-10-9-11-30(20-29)36(14-7-3,15-8-4)34-27(23-39)18-32(42)19-28(34)24-40/h9-11,16-20,37-42H,5-8,12-15,21-24H2,1-4H3. The predicted octanol–water partition coefficient (Wildman–Crippen LogP) is 6.84. The molecule has 0 spiro atoms. The summed E-state index contributed by atoms with van der Waals surface area (Å²) in [6, 6.07) is 15.0. The monoisotopic (exact) mass is 578 g/mol. The first-order chi connectivity index (χ1) is 20.2. The fourth-order valence-corrected chi connectivity index (χ4v) is 7.66. The number of phenols is 2. The molecule has 3 rings (SSSR count). The summed E-state index contributed by atoms with van der Waals surface area (Å²) < 4.78 is 0. The molecule has 0 atom stereocenters. The van der Waals surface area contributed by atoms with Crippen molar-refractivity contribution in [2.75, 3.05) is 0 Å². The van der Waals surface area contributed by atoms with Crippen molar-refractivity contribution in [3.8, 4) is 11.5 Å². The Hall–Kier alpha value is -2.90. The summed E-state index contributed by atoms with van der Waals surface area (Å²) in [5.74, 6) is 0.0422. The Balaban J connectivity index is 2.47. The van der Waals surface area contributed by atoms with Gasteiger partial charge in [0, 0.05) is 10.8 Å². The normalized spacial score (nSPS) is 12.2. The Kier molecular flexibility index (Phi) is 12.0. The van der Waals surface area contributed by atoms with Crippen LogP contribution in [0, 0.1) is 0 Å². The minimum Gasteiger partial charge on any atom is -0.508 e. The molecular formula is C36H50O6. The summed E-state index contributed by atoms with van der Waals surface area (Å²) in [5, 5.41) is 62.7. The Morgan fingerprint density at radius 3 is 1.00 bits per heavy atom. The first-order valence-electron chi connectivity index (χ1n) is 15.5. The number of aromatic hydroxyl groups is 2. The quantitative estimate of drug-likeness (QED) is 0.111. The third kappa shape index (κ3) is 6.37. The van der Waals surface area contributed by atoms with Crippen molar-refractivity contribution < 1.29 is 30.6 Å². The average Bonchev–Trinajstić information content (AvgIpc) is 2.99. The van der Waals surface area contributed by atoms with Crippen LogP contribution in [-0.2, 0) is 37.3 Å². The highest BCUT2D eigenvalue weighted by Crippen LogP contribution is 2.49. The molecule has 6 nitrogen and oxygen atoms in total. The minimum atomic E-state index is -0.526. The van der Waals surface area contributed by atoms with Gasteiger partial charge in [-0.3, -0.25) is 0 Å². The zero-order chi connectivity index (χ0) is 30.9. The molecule has 0 unspecified atom stereocenters. The SMILES string of the molecule is CCCC(CCC)(c1cccc(C(CCC)(CCC)c2c(CO)cc(O)cc2CO)c1)c1c(CO)cc(O)cc1CO. The fraction of sp³-hybridized carbons (Fsp3) is 0.500. The van der Waals surface area contributed by atoms with Gasteiger partial charge in [0.25, 0.3) is 0 Å². The van der Waals surface area contributed by atoms with Gasteiger partial charge in [-0.25, -0.2) is 0 Å². The van der Waals surface area contributed by atoms with E-state index in [-0.39, 0.29) is 37.9 Å². The number of rotatable bonds is 16. The highest BCUT2D eigenvalue weighted by Gasteiger charge is 2.40. The van der Waals surface area contributed by atoms with Crippen LogP contribution in [0.5, 0.6) is 11.5 Å². The van der Waals surface area contributed by atoms with E-state index in [4.69, 9.17) is 0 Å². The molecule has 3 aromatic carbocycles. The molecule has 6 heteroatoms. The number of benzene rings is 3. The highest BCUT2D eigenvalue weighted by atomic mass is 16.3. The van der Waals surface area contributed by atoms with Crippen molar-refractivity contribution >= 4 is 0 Å². The number of hydrogen-bond acceptors (Lipinski definition) is 6. The molecule has 6 N–H and O–H groups in total. The first kappa shape index (κ1) is 33.6. The third-order valence-electron chi connectivity index (χ3n) is 8.89. The van der Waals surface area contributed by atoms with Gasteiger partial charge in [0.15, 0.2) is 0 Å². The van der Waals surface area contributed by atoms with E-state index in [0.717, 1.165) is 73.6 Å². The Morgan fingerprint density at radius 2 is 0.762 bits per heavy atom. The van der Waals surface area contributed by atoms with E-state index in [1.54, 1.807) is 24.3 Å². The maximum atomic E-state index is 10.5. The summed E-state index contributed by atoms with van der Waals surface area (Å²) in [5.41, 5.74) is 5.30.